The molecule has 3 aromatic rings. The predicted molar refractivity (Wildman–Crippen MR) is 136 cm³/mol. The van der Waals surface area contributed by atoms with Crippen molar-refractivity contribution >= 4 is 22.9 Å². The minimum Gasteiger partial charge on any atom is -0.459 e. The average Bonchev–Trinajstić information content (AvgIpc) is 3.49. The summed E-state index contributed by atoms with van der Waals surface area (Å²) in [6.45, 7) is 10.1. The molecule has 0 radical (unpaired) electrons. The summed E-state index contributed by atoms with van der Waals surface area (Å²) in [4.78, 5) is 48.8. The zero-order valence-electron chi connectivity index (χ0n) is 21.7. The first kappa shape index (κ1) is 25.2. The van der Waals surface area contributed by atoms with Crippen molar-refractivity contribution < 1.29 is 18.8 Å². The lowest BCUT2D eigenvalue weighted by atomic mass is 9.82. The number of aromatic nitrogens is 4. The fourth-order valence-corrected chi connectivity index (χ4v) is 5.24. The summed E-state index contributed by atoms with van der Waals surface area (Å²) in [7, 11) is 0. The molecular formula is C26H34N6O5. The molecule has 0 bridgehead atoms. The topological polar surface area (TPSA) is 127 Å². The zero-order chi connectivity index (χ0) is 26.2. The van der Waals surface area contributed by atoms with Crippen LogP contribution in [0.2, 0.25) is 0 Å². The van der Waals surface area contributed by atoms with Crippen molar-refractivity contribution in [2.45, 2.75) is 52.5 Å². The maximum absolute atomic E-state index is 12.9. The molecule has 0 unspecified atom stereocenters. The Balaban J connectivity index is 1.23. The lowest BCUT2D eigenvalue weighted by molar-refractivity contribution is -0.134. The van der Waals surface area contributed by atoms with Crippen molar-refractivity contribution in [2.24, 2.45) is 5.41 Å². The van der Waals surface area contributed by atoms with Gasteiger partial charge in [-0.1, -0.05) is 19.0 Å². The van der Waals surface area contributed by atoms with Gasteiger partial charge in [-0.15, -0.1) is 0 Å². The van der Waals surface area contributed by atoms with E-state index in [1.165, 1.54) is 0 Å². The van der Waals surface area contributed by atoms with Crippen molar-refractivity contribution in [1.82, 2.24) is 29.5 Å². The third-order valence-electron chi connectivity index (χ3n) is 7.60. The van der Waals surface area contributed by atoms with E-state index < -0.39 is 5.97 Å². The van der Waals surface area contributed by atoms with Crippen LogP contribution in [0.1, 0.15) is 63.2 Å². The van der Waals surface area contributed by atoms with Crippen LogP contribution in [0.4, 0.5) is 0 Å². The van der Waals surface area contributed by atoms with Crippen LogP contribution in [0.3, 0.4) is 0 Å². The Hall–Kier alpha value is -3.47. The molecule has 2 aliphatic heterocycles. The molecule has 2 saturated heterocycles. The summed E-state index contributed by atoms with van der Waals surface area (Å²) in [5, 5.41) is 3.87. The highest BCUT2D eigenvalue weighted by molar-refractivity contribution is 5.85. The van der Waals surface area contributed by atoms with Crippen molar-refractivity contribution in [3.8, 4) is 11.4 Å². The van der Waals surface area contributed by atoms with Gasteiger partial charge < -0.3 is 19.1 Å². The van der Waals surface area contributed by atoms with E-state index >= 15 is 0 Å². The van der Waals surface area contributed by atoms with Crippen LogP contribution in [0.5, 0.6) is 0 Å². The van der Waals surface area contributed by atoms with Crippen LogP contribution in [0, 0.1) is 5.41 Å². The molecule has 0 atom stereocenters. The number of piperidine rings is 2. The van der Waals surface area contributed by atoms with Crippen molar-refractivity contribution in [3.05, 3.63) is 34.6 Å². The van der Waals surface area contributed by atoms with Gasteiger partial charge in [0.05, 0.1) is 24.2 Å². The first-order valence-electron chi connectivity index (χ1n) is 13.0. The number of likely N-dealkylation sites (tertiary alicyclic amines) is 2. The number of benzene rings is 1. The molecule has 198 valence electrons. The van der Waals surface area contributed by atoms with Gasteiger partial charge in [0.15, 0.2) is 0 Å². The van der Waals surface area contributed by atoms with Gasteiger partial charge in [-0.2, -0.15) is 4.98 Å². The van der Waals surface area contributed by atoms with E-state index in [1.54, 1.807) is 19.1 Å². The number of rotatable bonds is 6. The Kier molecular flexibility index (Phi) is 6.89. The minimum absolute atomic E-state index is 0.0508. The number of carbonyl (C=O) groups is 2. The molecule has 2 fully saturated rings. The molecule has 5 rings (SSSR count). The normalized spacial score (nSPS) is 18.8. The SMILES string of the molecule is CCOC(=O)c1nc(-c2ccc3c(c2)[nH]c(=O)n3C2CCN(CC(=O)N3CCC(C)(C)CC3)CC2)no1. The molecule has 1 N–H and O–H groups in total. The lowest BCUT2D eigenvalue weighted by Gasteiger charge is -2.38. The predicted octanol–water partition coefficient (Wildman–Crippen LogP) is 2.84. The summed E-state index contributed by atoms with van der Waals surface area (Å²) < 4.78 is 11.7. The number of fused-ring (bicyclic) bond motifs is 1. The number of carbonyl (C=O) groups excluding carboxylic acids is 2. The second-order valence-electron chi connectivity index (χ2n) is 10.7. The molecule has 11 nitrogen and oxygen atoms in total. The molecule has 37 heavy (non-hydrogen) atoms. The van der Waals surface area contributed by atoms with Gasteiger partial charge in [-0.25, -0.2) is 9.59 Å². The van der Waals surface area contributed by atoms with Gasteiger partial charge in [0, 0.05) is 37.8 Å². The van der Waals surface area contributed by atoms with E-state index in [2.05, 4.69) is 33.9 Å². The number of ether oxygens (including phenoxy) is 1. The smallest absolute Gasteiger partial charge is 0.397 e. The first-order chi connectivity index (χ1) is 17.7. The second kappa shape index (κ2) is 10.1. The fraction of sp³-hybridized carbons (Fsp3) is 0.577. The highest BCUT2D eigenvalue weighted by Gasteiger charge is 2.30. The van der Waals surface area contributed by atoms with E-state index in [9.17, 15) is 14.4 Å². The van der Waals surface area contributed by atoms with E-state index in [0.717, 1.165) is 57.4 Å². The van der Waals surface area contributed by atoms with Crippen molar-refractivity contribution in [3.63, 3.8) is 0 Å². The average molecular weight is 511 g/mol. The molecule has 1 amide bonds. The van der Waals surface area contributed by atoms with E-state index in [0.29, 0.717) is 23.0 Å². The van der Waals surface area contributed by atoms with Gasteiger partial charge in [-0.05, 0) is 56.2 Å². The van der Waals surface area contributed by atoms with Crippen LogP contribution in [0.25, 0.3) is 22.4 Å². The van der Waals surface area contributed by atoms with E-state index in [-0.39, 0.29) is 36.0 Å². The molecule has 2 aliphatic rings. The fourth-order valence-electron chi connectivity index (χ4n) is 5.24. The third kappa shape index (κ3) is 5.31. The highest BCUT2D eigenvalue weighted by atomic mass is 16.6. The van der Waals surface area contributed by atoms with Gasteiger partial charge >= 0.3 is 17.5 Å². The molecule has 1 aromatic carbocycles. The van der Waals surface area contributed by atoms with Gasteiger partial charge in [0.1, 0.15) is 0 Å². The Bertz CT molecular complexity index is 1340. The van der Waals surface area contributed by atoms with Crippen molar-refractivity contribution in [2.75, 3.05) is 39.3 Å². The van der Waals surface area contributed by atoms with Gasteiger partial charge in [-0.3, -0.25) is 14.3 Å². The number of esters is 1. The molecule has 0 saturated carbocycles. The monoisotopic (exact) mass is 510 g/mol. The molecule has 2 aromatic heterocycles. The number of hydrogen-bond donors (Lipinski definition) is 1. The zero-order valence-corrected chi connectivity index (χ0v) is 21.7. The Morgan fingerprint density at radius 1 is 1.16 bits per heavy atom. The third-order valence-corrected chi connectivity index (χ3v) is 7.60. The second-order valence-corrected chi connectivity index (χ2v) is 10.7. The highest BCUT2D eigenvalue weighted by Crippen LogP contribution is 2.30. The van der Waals surface area contributed by atoms with E-state index in [1.807, 2.05) is 15.5 Å². The number of hydrogen-bond acceptors (Lipinski definition) is 8. The summed E-state index contributed by atoms with van der Waals surface area (Å²) in [6, 6.07) is 5.49. The molecular weight excluding hydrogens is 476 g/mol. The molecule has 0 spiro atoms. The molecule has 11 heteroatoms. The number of aromatic amines is 1. The number of nitrogens with zero attached hydrogens (tertiary/aromatic N) is 5. The Labute approximate surface area is 214 Å². The summed E-state index contributed by atoms with van der Waals surface area (Å²) >= 11 is 0. The van der Waals surface area contributed by atoms with Crippen LogP contribution in [-0.2, 0) is 9.53 Å². The van der Waals surface area contributed by atoms with Crippen LogP contribution in [0.15, 0.2) is 27.5 Å². The van der Waals surface area contributed by atoms with Gasteiger partial charge in [0.2, 0.25) is 11.7 Å². The quantitative estimate of drug-likeness (QED) is 0.502. The molecule has 4 heterocycles. The number of nitrogens with one attached hydrogen (secondary N) is 1. The van der Waals surface area contributed by atoms with Crippen LogP contribution < -0.4 is 5.69 Å². The summed E-state index contributed by atoms with van der Waals surface area (Å²) in [5.41, 5.74) is 2.23. The van der Waals surface area contributed by atoms with Gasteiger partial charge in [0.25, 0.3) is 0 Å². The molecule has 0 aliphatic carbocycles. The number of amides is 1. The van der Waals surface area contributed by atoms with E-state index in [4.69, 9.17) is 9.26 Å². The largest absolute Gasteiger partial charge is 0.459 e. The summed E-state index contributed by atoms with van der Waals surface area (Å²) in [5.74, 6) is -0.431. The van der Waals surface area contributed by atoms with Crippen LogP contribution >= 0.6 is 0 Å². The minimum atomic E-state index is -0.671. The number of imidazole rings is 1. The number of H-pyrrole nitrogens is 1. The maximum Gasteiger partial charge on any atom is 0.397 e. The Morgan fingerprint density at radius 2 is 1.89 bits per heavy atom. The lowest BCUT2D eigenvalue weighted by Crippen LogP contribution is -2.47. The first-order valence-corrected chi connectivity index (χ1v) is 13.0. The maximum atomic E-state index is 12.9. The standard InChI is InChI=1S/C26H34N6O5/c1-4-36-24(34)23-28-22(29-37-23)17-5-6-20-19(15-17)27-25(35)32(20)18-7-11-30(12-8-18)16-21(33)31-13-9-26(2,3)10-14-31/h5-6,15,18H,4,7-14,16H2,1-3H3,(H,27,35). The Morgan fingerprint density at radius 3 is 2.59 bits per heavy atom. The van der Waals surface area contributed by atoms with Crippen LogP contribution in [-0.4, -0.2) is 80.7 Å². The van der Waals surface area contributed by atoms with Crippen molar-refractivity contribution in [1.29, 1.82) is 0 Å². The summed E-state index contributed by atoms with van der Waals surface area (Å²) in [6.07, 6.45) is 3.68.